The summed E-state index contributed by atoms with van der Waals surface area (Å²) in [6, 6.07) is 3.12. The highest BCUT2D eigenvalue weighted by Gasteiger charge is 2.32. The molecule has 0 radical (unpaired) electrons. The van der Waals surface area contributed by atoms with E-state index in [4.69, 9.17) is 14.9 Å². The Hall–Kier alpha value is -3.89. The van der Waals surface area contributed by atoms with Crippen LogP contribution in [-0.2, 0) is 14.8 Å². The molecular formula is C26H27ClF4N4O7S. The third-order valence-electron chi connectivity index (χ3n) is 5.96. The van der Waals surface area contributed by atoms with Crippen molar-refractivity contribution < 1.29 is 49.5 Å². The maximum absolute atomic E-state index is 14.6. The molecular weight excluding hydrogens is 624 g/mol. The molecule has 43 heavy (non-hydrogen) atoms. The van der Waals surface area contributed by atoms with Gasteiger partial charge < -0.3 is 24.9 Å². The monoisotopic (exact) mass is 650 g/mol. The van der Waals surface area contributed by atoms with Gasteiger partial charge in [0.1, 0.15) is 17.7 Å². The van der Waals surface area contributed by atoms with Gasteiger partial charge in [0.15, 0.2) is 23.0 Å². The van der Waals surface area contributed by atoms with E-state index in [0.29, 0.717) is 12.3 Å². The largest absolute Gasteiger partial charge is 0.489 e. The quantitative estimate of drug-likeness (QED) is 0.246. The number of nitrogens with zero attached hydrogens (tertiary/aromatic N) is 1. The molecule has 0 aliphatic heterocycles. The number of hydrogen-bond donors (Lipinski definition) is 3. The molecule has 4 N–H and O–H groups in total. The lowest BCUT2D eigenvalue weighted by atomic mass is 10.0. The van der Waals surface area contributed by atoms with E-state index >= 15 is 0 Å². The number of alkyl halides is 2. The Labute approximate surface area is 249 Å². The van der Waals surface area contributed by atoms with Crippen LogP contribution in [0.5, 0.6) is 11.5 Å². The van der Waals surface area contributed by atoms with Gasteiger partial charge in [-0.25, -0.2) is 22.2 Å². The first-order valence-corrected chi connectivity index (χ1v) is 14.4. The summed E-state index contributed by atoms with van der Waals surface area (Å²) in [6.45, 7) is -1.39. The molecule has 1 fully saturated rings. The van der Waals surface area contributed by atoms with E-state index in [9.17, 15) is 35.6 Å². The van der Waals surface area contributed by atoms with E-state index in [1.54, 1.807) is 4.72 Å². The van der Waals surface area contributed by atoms with Crippen molar-refractivity contribution in [2.75, 3.05) is 12.9 Å². The van der Waals surface area contributed by atoms with Crippen molar-refractivity contribution in [1.82, 2.24) is 15.0 Å². The van der Waals surface area contributed by atoms with E-state index in [0.717, 1.165) is 25.0 Å². The van der Waals surface area contributed by atoms with Gasteiger partial charge in [0.2, 0.25) is 15.9 Å². The number of aromatic nitrogens is 1. The minimum atomic E-state index is -4.14. The van der Waals surface area contributed by atoms with Gasteiger partial charge >= 0.3 is 6.61 Å². The van der Waals surface area contributed by atoms with Crippen LogP contribution in [0.2, 0.25) is 0 Å². The first kappa shape index (κ1) is 33.6. The van der Waals surface area contributed by atoms with Gasteiger partial charge in [-0.3, -0.25) is 14.3 Å². The topological polar surface area (TPSA) is 163 Å². The number of rotatable bonds is 12. The zero-order valence-corrected chi connectivity index (χ0v) is 24.2. The van der Waals surface area contributed by atoms with Crippen LogP contribution >= 0.6 is 12.4 Å². The molecule has 0 saturated heterocycles. The Morgan fingerprint density at radius 2 is 1.84 bits per heavy atom. The molecule has 2 atom stereocenters. The fraction of sp³-hybridized carbons (Fsp3) is 0.346. The Kier molecular flexibility index (Phi) is 10.6. The molecule has 1 saturated carbocycles. The van der Waals surface area contributed by atoms with Gasteiger partial charge in [-0.15, -0.1) is 12.4 Å². The molecule has 1 aromatic heterocycles. The van der Waals surface area contributed by atoms with E-state index in [1.165, 1.54) is 25.1 Å². The number of ether oxygens (including phenoxy) is 2. The van der Waals surface area contributed by atoms with Crippen molar-refractivity contribution in [3.05, 3.63) is 65.1 Å². The highest BCUT2D eigenvalue weighted by atomic mass is 35.5. The second-order valence-electron chi connectivity index (χ2n) is 9.63. The highest BCUT2D eigenvalue weighted by Crippen LogP contribution is 2.37. The minimum Gasteiger partial charge on any atom is -0.489 e. The van der Waals surface area contributed by atoms with Crippen molar-refractivity contribution >= 4 is 34.2 Å². The molecule has 11 nitrogen and oxygen atoms in total. The van der Waals surface area contributed by atoms with Gasteiger partial charge in [0.25, 0.3) is 11.8 Å². The molecule has 1 aliphatic carbocycles. The lowest BCUT2D eigenvalue weighted by Crippen LogP contribution is -2.43. The van der Waals surface area contributed by atoms with Crippen molar-refractivity contribution in [3.8, 4) is 23.0 Å². The number of sulfonamides is 1. The van der Waals surface area contributed by atoms with E-state index < -0.39 is 63.4 Å². The fourth-order valence-corrected chi connectivity index (χ4v) is 4.31. The Bertz CT molecular complexity index is 1600. The number of amides is 2. The molecule has 0 unspecified atom stereocenters. The van der Waals surface area contributed by atoms with Gasteiger partial charge in [-0.05, 0) is 49.9 Å². The van der Waals surface area contributed by atoms with Gasteiger partial charge in [0.05, 0.1) is 18.9 Å². The van der Waals surface area contributed by atoms with Gasteiger partial charge in [0, 0.05) is 17.2 Å². The summed E-state index contributed by atoms with van der Waals surface area (Å²) < 4.78 is 94.8. The summed E-state index contributed by atoms with van der Waals surface area (Å²) in [7, 11) is -4.14. The number of halogens is 5. The zero-order chi connectivity index (χ0) is 30.8. The van der Waals surface area contributed by atoms with E-state index in [-0.39, 0.29) is 53.6 Å². The van der Waals surface area contributed by atoms with Crippen LogP contribution < -0.4 is 25.2 Å². The van der Waals surface area contributed by atoms with Crippen molar-refractivity contribution in [2.45, 2.75) is 38.5 Å². The standard InChI is InChI=1S/C26H26F4N4O7S.ClH/c1-12(31)22-21(23(35)32-20(24(36)34-42(2,37)38)16-7-6-15(27)10-17(16)28)33-25(41-22)14-5-8-18(40-26(29)30)19(9-14)39-11-13-3-4-13;/h5-10,12-13,20,26H,3-4,11,31H2,1-2H3,(H,32,35)(H,34,36);1H/t12-,20-;/m0./s1. The molecule has 17 heteroatoms. The predicted octanol–water partition coefficient (Wildman–Crippen LogP) is 4.00. The number of carbonyl (C=O) groups is 2. The van der Waals surface area contributed by atoms with Crippen molar-refractivity contribution in [1.29, 1.82) is 0 Å². The maximum atomic E-state index is 14.6. The summed E-state index contributed by atoms with van der Waals surface area (Å²) in [5.74, 6) is -4.98. The average Bonchev–Trinajstić information content (AvgIpc) is 3.60. The van der Waals surface area contributed by atoms with E-state index in [1.807, 2.05) is 0 Å². The summed E-state index contributed by atoms with van der Waals surface area (Å²) in [4.78, 5) is 30.2. The summed E-state index contributed by atoms with van der Waals surface area (Å²) in [5.41, 5.74) is 5.18. The maximum Gasteiger partial charge on any atom is 0.387 e. The van der Waals surface area contributed by atoms with Crippen molar-refractivity contribution in [3.63, 3.8) is 0 Å². The first-order valence-electron chi connectivity index (χ1n) is 12.5. The number of benzene rings is 2. The fourth-order valence-electron chi connectivity index (χ4n) is 3.83. The highest BCUT2D eigenvalue weighted by molar-refractivity contribution is 7.89. The van der Waals surface area contributed by atoms with Crippen LogP contribution in [0.3, 0.4) is 0 Å². The van der Waals surface area contributed by atoms with Crippen molar-refractivity contribution in [2.24, 2.45) is 11.7 Å². The van der Waals surface area contributed by atoms with Gasteiger partial charge in [-0.2, -0.15) is 8.78 Å². The molecule has 234 valence electrons. The summed E-state index contributed by atoms with van der Waals surface area (Å²) in [6.07, 6.45) is 2.54. The predicted molar refractivity (Wildman–Crippen MR) is 146 cm³/mol. The zero-order valence-electron chi connectivity index (χ0n) is 22.6. The number of hydrogen-bond acceptors (Lipinski definition) is 9. The Balaban J connectivity index is 0.00000506. The molecule has 2 amide bonds. The number of oxazole rings is 1. The molecule has 0 spiro atoms. The Morgan fingerprint density at radius 3 is 2.42 bits per heavy atom. The smallest absolute Gasteiger partial charge is 0.387 e. The minimum absolute atomic E-state index is 0. The third-order valence-corrected chi connectivity index (χ3v) is 6.53. The number of nitrogens with one attached hydrogen (secondary N) is 2. The second-order valence-corrected chi connectivity index (χ2v) is 11.4. The second kappa shape index (κ2) is 13.6. The lowest BCUT2D eigenvalue weighted by molar-refractivity contribution is -0.121. The lowest BCUT2D eigenvalue weighted by Gasteiger charge is -2.18. The normalized spacial score (nSPS) is 14.4. The number of nitrogens with two attached hydrogens (primary N) is 1. The van der Waals surface area contributed by atoms with Crippen LogP contribution in [0.15, 0.2) is 40.8 Å². The van der Waals surface area contributed by atoms with Crippen LogP contribution in [-0.4, -0.2) is 44.7 Å². The molecule has 0 bridgehead atoms. The number of carbonyl (C=O) groups excluding carboxylic acids is 2. The van der Waals surface area contributed by atoms with Crippen LogP contribution in [0.25, 0.3) is 11.5 Å². The van der Waals surface area contributed by atoms with Crippen LogP contribution in [0.4, 0.5) is 17.6 Å². The molecule has 1 heterocycles. The summed E-state index contributed by atoms with van der Waals surface area (Å²) >= 11 is 0. The molecule has 2 aromatic carbocycles. The molecule has 4 rings (SSSR count). The SMILES string of the molecule is C[C@H](N)c1oc(-c2ccc(OC(F)F)c(OCC3CC3)c2)nc1C(=O)N[C@H](C(=O)NS(C)(=O)=O)c1ccc(F)cc1F.Cl. The summed E-state index contributed by atoms with van der Waals surface area (Å²) in [5, 5.41) is 2.19. The third kappa shape index (κ3) is 8.81. The van der Waals surface area contributed by atoms with Crippen LogP contribution in [0.1, 0.15) is 53.7 Å². The molecule has 3 aromatic rings. The Morgan fingerprint density at radius 1 is 1.14 bits per heavy atom. The van der Waals surface area contributed by atoms with Gasteiger partial charge in [-0.1, -0.05) is 6.07 Å². The van der Waals surface area contributed by atoms with Crippen LogP contribution in [0, 0.1) is 17.6 Å². The first-order chi connectivity index (χ1) is 19.7. The average molecular weight is 651 g/mol. The molecule has 1 aliphatic rings. The van der Waals surface area contributed by atoms with E-state index in [2.05, 4.69) is 15.0 Å².